The highest BCUT2D eigenvalue weighted by Gasteiger charge is 2.33. The number of hydrogen-bond donors (Lipinski definition) is 1. The summed E-state index contributed by atoms with van der Waals surface area (Å²) in [6.07, 6.45) is 3.43. The second-order valence-corrected chi connectivity index (χ2v) is 5.62. The molecule has 0 aliphatic heterocycles. The predicted octanol–water partition coefficient (Wildman–Crippen LogP) is 0.322. The molecule has 2 aromatic heterocycles. The molecule has 1 fully saturated rings. The number of pyridine rings is 1. The number of nitrogens with two attached hydrogens (primary N) is 1. The summed E-state index contributed by atoms with van der Waals surface area (Å²) in [5.41, 5.74) is 0.590. The first-order chi connectivity index (χ1) is 8.57. The first-order valence-corrected chi connectivity index (χ1v) is 7.01. The third-order valence-electron chi connectivity index (χ3n) is 2.73. The molecule has 8 heteroatoms. The normalized spacial score (nSPS) is 15.8. The fourth-order valence-electron chi connectivity index (χ4n) is 1.80. The molecule has 94 valence electrons. The first kappa shape index (κ1) is 11.3. The standard InChI is InChI=1S/C10H11N5O2S/c11-18(16,17)10-14-13-9(15(10)7-4-5-7)8-3-1-2-6-12-8/h1-3,6-7H,4-5H2,(H2,11,16,17). The highest BCUT2D eigenvalue weighted by Crippen LogP contribution is 2.39. The lowest BCUT2D eigenvalue weighted by atomic mass is 10.3. The zero-order chi connectivity index (χ0) is 12.8. The van der Waals surface area contributed by atoms with Crippen LogP contribution in [-0.2, 0) is 10.0 Å². The monoisotopic (exact) mass is 265 g/mol. The Labute approximate surface area is 104 Å². The van der Waals surface area contributed by atoms with Crippen LogP contribution in [0.25, 0.3) is 11.5 Å². The first-order valence-electron chi connectivity index (χ1n) is 5.46. The van der Waals surface area contributed by atoms with E-state index in [1.54, 1.807) is 22.9 Å². The van der Waals surface area contributed by atoms with Gasteiger partial charge in [0.1, 0.15) is 5.69 Å². The van der Waals surface area contributed by atoms with Crippen LogP contribution in [-0.4, -0.2) is 28.2 Å². The van der Waals surface area contributed by atoms with Crippen molar-refractivity contribution in [3.8, 4) is 11.5 Å². The lowest BCUT2D eigenvalue weighted by Gasteiger charge is -2.06. The summed E-state index contributed by atoms with van der Waals surface area (Å²) in [5, 5.41) is 12.5. The second kappa shape index (κ2) is 3.85. The zero-order valence-electron chi connectivity index (χ0n) is 9.39. The van der Waals surface area contributed by atoms with E-state index < -0.39 is 10.0 Å². The molecule has 7 nitrogen and oxygen atoms in total. The minimum atomic E-state index is -3.86. The van der Waals surface area contributed by atoms with Gasteiger partial charge < -0.3 is 0 Å². The molecule has 1 aliphatic rings. The summed E-state index contributed by atoms with van der Waals surface area (Å²) in [6, 6.07) is 5.45. The Balaban J connectivity index is 2.20. The van der Waals surface area contributed by atoms with Crippen LogP contribution in [0.5, 0.6) is 0 Å². The van der Waals surface area contributed by atoms with Crippen molar-refractivity contribution in [2.75, 3.05) is 0 Å². The van der Waals surface area contributed by atoms with Gasteiger partial charge in [0, 0.05) is 12.2 Å². The van der Waals surface area contributed by atoms with Crippen LogP contribution in [0.15, 0.2) is 29.6 Å². The largest absolute Gasteiger partial charge is 0.292 e. The van der Waals surface area contributed by atoms with Gasteiger partial charge in [-0.15, -0.1) is 10.2 Å². The van der Waals surface area contributed by atoms with Gasteiger partial charge in [0.25, 0.3) is 15.2 Å². The van der Waals surface area contributed by atoms with Gasteiger partial charge in [-0.3, -0.25) is 9.55 Å². The van der Waals surface area contributed by atoms with Crippen LogP contribution in [0, 0.1) is 0 Å². The molecule has 0 amide bonds. The van der Waals surface area contributed by atoms with Crippen LogP contribution in [0.4, 0.5) is 0 Å². The molecule has 0 bridgehead atoms. The lowest BCUT2D eigenvalue weighted by Crippen LogP contribution is -2.18. The molecular formula is C10H11N5O2S. The van der Waals surface area contributed by atoms with Crippen molar-refractivity contribution >= 4 is 10.0 Å². The highest BCUT2D eigenvalue weighted by molar-refractivity contribution is 7.89. The van der Waals surface area contributed by atoms with E-state index in [1.165, 1.54) is 0 Å². The molecule has 0 radical (unpaired) electrons. The number of rotatable bonds is 3. The molecule has 1 saturated carbocycles. The molecule has 0 atom stereocenters. The Morgan fingerprint density at radius 3 is 2.61 bits per heavy atom. The third kappa shape index (κ3) is 1.89. The Morgan fingerprint density at radius 1 is 1.28 bits per heavy atom. The van der Waals surface area contributed by atoms with Gasteiger partial charge in [-0.25, -0.2) is 13.6 Å². The van der Waals surface area contributed by atoms with Crippen molar-refractivity contribution in [2.24, 2.45) is 5.14 Å². The quantitative estimate of drug-likeness (QED) is 0.860. The van der Waals surface area contributed by atoms with E-state index in [1.807, 2.05) is 6.07 Å². The van der Waals surface area contributed by atoms with Gasteiger partial charge in [-0.05, 0) is 25.0 Å². The van der Waals surface area contributed by atoms with Gasteiger partial charge in [-0.1, -0.05) is 6.07 Å². The van der Waals surface area contributed by atoms with Gasteiger partial charge in [0.05, 0.1) is 0 Å². The Morgan fingerprint density at radius 2 is 2.06 bits per heavy atom. The van der Waals surface area contributed by atoms with E-state index in [-0.39, 0.29) is 11.2 Å². The molecule has 18 heavy (non-hydrogen) atoms. The molecule has 2 N–H and O–H groups in total. The molecular weight excluding hydrogens is 254 g/mol. The summed E-state index contributed by atoms with van der Waals surface area (Å²) in [7, 11) is -3.86. The van der Waals surface area contributed by atoms with Crippen molar-refractivity contribution in [1.29, 1.82) is 0 Å². The van der Waals surface area contributed by atoms with E-state index in [2.05, 4.69) is 15.2 Å². The molecule has 0 saturated heterocycles. The van der Waals surface area contributed by atoms with Gasteiger partial charge in [-0.2, -0.15) is 0 Å². The summed E-state index contributed by atoms with van der Waals surface area (Å²) < 4.78 is 24.5. The van der Waals surface area contributed by atoms with Crippen molar-refractivity contribution in [1.82, 2.24) is 19.7 Å². The van der Waals surface area contributed by atoms with Gasteiger partial charge in [0.2, 0.25) is 0 Å². The fourth-order valence-corrected chi connectivity index (χ4v) is 2.47. The predicted molar refractivity (Wildman–Crippen MR) is 62.9 cm³/mol. The minimum absolute atomic E-state index is 0.102. The Hall–Kier alpha value is -1.80. The number of sulfonamides is 1. The smallest absolute Gasteiger partial charge is 0.273 e. The maximum Gasteiger partial charge on any atom is 0.273 e. The number of aromatic nitrogens is 4. The van der Waals surface area contributed by atoms with Crippen LogP contribution in [0.3, 0.4) is 0 Å². The van der Waals surface area contributed by atoms with Crippen molar-refractivity contribution < 1.29 is 8.42 Å². The molecule has 0 aromatic carbocycles. The number of hydrogen-bond acceptors (Lipinski definition) is 5. The van der Waals surface area contributed by atoms with Gasteiger partial charge in [0.15, 0.2) is 5.82 Å². The molecule has 3 rings (SSSR count). The highest BCUT2D eigenvalue weighted by atomic mass is 32.2. The molecule has 1 aliphatic carbocycles. The molecule has 2 heterocycles. The average Bonchev–Trinajstić information content (AvgIpc) is 3.07. The van der Waals surface area contributed by atoms with Crippen molar-refractivity contribution in [3.05, 3.63) is 24.4 Å². The summed E-state index contributed by atoms with van der Waals surface area (Å²) in [5.74, 6) is 0.446. The lowest BCUT2D eigenvalue weighted by molar-refractivity contribution is 0.567. The fraction of sp³-hybridized carbons (Fsp3) is 0.300. The van der Waals surface area contributed by atoms with Crippen LogP contribution in [0.2, 0.25) is 0 Å². The van der Waals surface area contributed by atoms with Crippen molar-refractivity contribution in [3.63, 3.8) is 0 Å². The summed E-state index contributed by atoms with van der Waals surface area (Å²) in [6.45, 7) is 0. The zero-order valence-corrected chi connectivity index (χ0v) is 10.2. The maximum absolute atomic E-state index is 11.5. The minimum Gasteiger partial charge on any atom is -0.292 e. The number of primary sulfonamides is 1. The van der Waals surface area contributed by atoms with Crippen LogP contribution < -0.4 is 5.14 Å². The average molecular weight is 265 g/mol. The topological polar surface area (TPSA) is 104 Å². The van der Waals surface area contributed by atoms with Crippen LogP contribution >= 0.6 is 0 Å². The van der Waals surface area contributed by atoms with Crippen molar-refractivity contribution in [2.45, 2.75) is 24.0 Å². The van der Waals surface area contributed by atoms with Gasteiger partial charge >= 0.3 is 0 Å². The maximum atomic E-state index is 11.5. The van der Waals surface area contributed by atoms with E-state index in [0.717, 1.165) is 12.8 Å². The Bertz CT molecular complexity index is 676. The number of nitrogens with zero attached hydrogens (tertiary/aromatic N) is 4. The Kier molecular flexibility index (Phi) is 2.42. The second-order valence-electron chi connectivity index (χ2n) is 4.17. The van der Waals surface area contributed by atoms with E-state index in [0.29, 0.717) is 11.5 Å². The molecule has 2 aromatic rings. The summed E-state index contributed by atoms with van der Waals surface area (Å²) >= 11 is 0. The third-order valence-corrected chi connectivity index (χ3v) is 3.51. The van der Waals surface area contributed by atoms with E-state index >= 15 is 0 Å². The summed E-state index contributed by atoms with van der Waals surface area (Å²) in [4.78, 5) is 4.16. The molecule has 0 unspecified atom stereocenters. The van der Waals surface area contributed by atoms with Crippen LogP contribution in [0.1, 0.15) is 18.9 Å². The SMILES string of the molecule is NS(=O)(=O)c1nnc(-c2ccccn2)n1C1CC1. The van der Waals surface area contributed by atoms with E-state index in [4.69, 9.17) is 5.14 Å². The molecule has 0 spiro atoms. The van der Waals surface area contributed by atoms with E-state index in [9.17, 15) is 8.42 Å².